The van der Waals surface area contributed by atoms with E-state index in [0.717, 1.165) is 21.7 Å². The quantitative estimate of drug-likeness (QED) is 0.461. The molecule has 0 saturated carbocycles. The van der Waals surface area contributed by atoms with Gasteiger partial charge in [0.05, 0.1) is 7.11 Å². The topological polar surface area (TPSA) is 9.23 Å². The van der Waals surface area contributed by atoms with Gasteiger partial charge in [0.25, 0.3) is 0 Å². The van der Waals surface area contributed by atoms with E-state index in [0.29, 0.717) is 0 Å². The number of allylic oxidation sites excluding steroid dienone is 1. The molecule has 0 aromatic heterocycles. The highest BCUT2D eigenvalue weighted by Gasteiger charge is 1.97. The summed E-state index contributed by atoms with van der Waals surface area (Å²) < 4.78 is 5.12. The van der Waals surface area contributed by atoms with Gasteiger partial charge in [0.15, 0.2) is 0 Å². The van der Waals surface area contributed by atoms with Gasteiger partial charge in [-0.25, -0.2) is 0 Å². The van der Waals surface area contributed by atoms with E-state index < -0.39 is 0 Å². The van der Waals surface area contributed by atoms with Crippen molar-refractivity contribution < 1.29 is 4.74 Å². The molecular formula is C16H14OS. The molecule has 0 amide bonds. The maximum atomic E-state index is 5.37. The molecule has 0 aliphatic carbocycles. The minimum atomic E-state index is 0.821. The molecule has 0 spiro atoms. The van der Waals surface area contributed by atoms with Gasteiger partial charge in [0.2, 0.25) is 0 Å². The van der Waals surface area contributed by atoms with Crippen LogP contribution in [-0.2, 0) is 0 Å². The van der Waals surface area contributed by atoms with Gasteiger partial charge in [0.1, 0.15) is 5.75 Å². The molecule has 2 aromatic rings. The number of benzene rings is 2. The van der Waals surface area contributed by atoms with Crippen molar-refractivity contribution in [1.82, 2.24) is 0 Å². The van der Waals surface area contributed by atoms with E-state index in [9.17, 15) is 0 Å². The Labute approximate surface area is 113 Å². The first kappa shape index (κ1) is 12.5. The molecule has 2 heteroatoms. The highest BCUT2D eigenvalue weighted by molar-refractivity contribution is 7.81. The predicted octanol–water partition coefficient (Wildman–Crippen LogP) is 4.13. The van der Waals surface area contributed by atoms with Crippen LogP contribution in [0.25, 0.3) is 6.08 Å². The monoisotopic (exact) mass is 254 g/mol. The van der Waals surface area contributed by atoms with Crippen LogP contribution in [0.4, 0.5) is 0 Å². The zero-order valence-corrected chi connectivity index (χ0v) is 11.0. The highest BCUT2D eigenvalue weighted by atomic mass is 32.1. The summed E-state index contributed by atoms with van der Waals surface area (Å²) in [6.45, 7) is 0. The van der Waals surface area contributed by atoms with E-state index in [-0.39, 0.29) is 0 Å². The van der Waals surface area contributed by atoms with Gasteiger partial charge in [0, 0.05) is 4.86 Å². The Morgan fingerprint density at radius 1 is 1.00 bits per heavy atom. The van der Waals surface area contributed by atoms with Crippen LogP contribution in [0, 0.1) is 0 Å². The summed E-state index contributed by atoms with van der Waals surface area (Å²) in [4.78, 5) is 0.821. The van der Waals surface area contributed by atoms with Crippen LogP contribution in [0.15, 0.2) is 60.7 Å². The van der Waals surface area contributed by atoms with Crippen LogP contribution >= 0.6 is 12.2 Å². The van der Waals surface area contributed by atoms with E-state index in [4.69, 9.17) is 17.0 Å². The summed E-state index contributed by atoms with van der Waals surface area (Å²) in [5.41, 5.74) is 2.17. The zero-order chi connectivity index (χ0) is 12.8. The minimum Gasteiger partial charge on any atom is -0.497 e. The lowest BCUT2D eigenvalue weighted by Gasteiger charge is -2.01. The summed E-state index contributed by atoms with van der Waals surface area (Å²) >= 11 is 5.37. The Bertz CT molecular complexity index is 541. The molecule has 2 rings (SSSR count). The largest absolute Gasteiger partial charge is 0.497 e. The smallest absolute Gasteiger partial charge is 0.118 e. The summed E-state index contributed by atoms with van der Waals surface area (Å²) in [6.07, 6.45) is 3.97. The lowest BCUT2D eigenvalue weighted by atomic mass is 10.1. The van der Waals surface area contributed by atoms with Gasteiger partial charge < -0.3 is 4.74 Å². The maximum Gasteiger partial charge on any atom is 0.118 e. The van der Waals surface area contributed by atoms with Crippen LogP contribution < -0.4 is 4.74 Å². The number of methoxy groups -OCH3 is 1. The first-order valence-electron chi connectivity index (χ1n) is 5.71. The lowest BCUT2D eigenvalue weighted by molar-refractivity contribution is 0.415. The van der Waals surface area contributed by atoms with Crippen molar-refractivity contribution in [2.24, 2.45) is 0 Å². The molecule has 90 valence electrons. The second kappa shape index (κ2) is 6.12. The zero-order valence-electron chi connectivity index (χ0n) is 10.2. The Hall–Kier alpha value is -1.93. The average molecular weight is 254 g/mol. The van der Waals surface area contributed by atoms with Crippen LogP contribution in [0.1, 0.15) is 11.1 Å². The Morgan fingerprint density at radius 2 is 1.67 bits per heavy atom. The summed E-state index contributed by atoms with van der Waals surface area (Å²) in [7, 11) is 1.66. The van der Waals surface area contributed by atoms with E-state index in [1.54, 1.807) is 7.11 Å². The van der Waals surface area contributed by atoms with Crippen LogP contribution in [-0.4, -0.2) is 12.0 Å². The molecule has 18 heavy (non-hydrogen) atoms. The molecule has 0 aliphatic rings. The molecule has 0 heterocycles. The predicted molar refractivity (Wildman–Crippen MR) is 80.2 cm³/mol. The van der Waals surface area contributed by atoms with Gasteiger partial charge in [-0.15, -0.1) is 0 Å². The van der Waals surface area contributed by atoms with Crippen molar-refractivity contribution in [3.8, 4) is 5.75 Å². The number of ether oxygens (including phenoxy) is 1. The molecule has 0 radical (unpaired) electrons. The molecule has 1 nitrogen and oxygen atoms in total. The van der Waals surface area contributed by atoms with E-state index in [1.807, 2.05) is 66.7 Å². The second-order valence-electron chi connectivity index (χ2n) is 3.84. The Kier molecular flexibility index (Phi) is 4.26. The molecule has 0 N–H and O–H groups in total. The fraction of sp³-hybridized carbons (Fsp3) is 0.0625. The van der Waals surface area contributed by atoms with E-state index in [2.05, 4.69) is 0 Å². The third-order valence-corrected chi connectivity index (χ3v) is 2.97. The number of rotatable bonds is 4. The Balaban J connectivity index is 2.09. The lowest BCUT2D eigenvalue weighted by Crippen LogP contribution is -1.92. The molecule has 0 saturated heterocycles. The van der Waals surface area contributed by atoms with Crippen molar-refractivity contribution in [2.45, 2.75) is 0 Å². The average Bonchev–Trinajstić information content (AvgIpc) is 2.46. The highest BCUT2D eigenvalue weighted by Crippen LogP contribution is 2.13. The van der Waals surface area contributed by atoms with Crippen molar-refractivity contribution in [1.29, 1.82) is 0 Å². The van der Waals surface area contributed by atoms with Gasteiger partial charge >= 0.3 is 0 Å². The fourth-order valence-corrected chi connectivity index (χ4v) is 1.79. The summed E-state index contributed by atoms with van der Waals surface area (Å²) in [6, 6.07) is 17.9. The maximum absolute atomic E-state index is 5.37. The molecule has 0 aliphatic heterocycles. The third kappa shape index (κ3) is 3.28. The molecular weight excluding hydrogens is 240 g/mol. The Morgan fingerprint density at radius 3 is 2.28 bits per heavy atom. The van der Waals surface area contributed by atoms with Gasteiger partial charge in [-0.05, 0) is 41.5 Å². The van der Waals surface area contributed by atoms with Crippen molar-refractivity contribution in [3.05, 3.63) is 71.8 Å². The SMILES string of the molecule is COc1ccc(C(=S)/C=C/c2ccccc2)cc1. The van der Waals surface area contributed by atoms with Crippen LogP contribution in [0.3, 0.4) is 0 Å². The van der Waals surface area contributed by atoms with Crippen molar-refractivity contribution in [2.75, 3.05) is 7.11 Å². The van der Waals surface area contributed by atoms with Crippen LogP contribution in [0.2, 0.25) is 0 Å². The number of hydrogen-bond acceptors (Lipinski definition) is 2. The minimum absolute atomic E-state index is 0.821. The second-order valence-corrected chi connectivity index (χ2v) is 4.28. The third-order valence-electron chi connectivity index (χ3n) is 2.60. The van der Waals surface area contributed by atoms with Gasteiger partial charge in [-0.1, -0.05) is 48.6 Å². The van der Waals surface area contributed by atoms with Crippen LogP contribution in [0.5, 0.6) is 5.75 Å². The number of hydrogen-bond donors (Lipinski definition) is 0. The summed E-state index contributed by atoms with van der Waals surface area (Å²) in [5, 5.41) is 0. The fourth-order valence-electron chi connectivity index (χ4n) is 1.59. The first-order chi connectivity index (χ1) is 8.79. The van der Waals surface area contributed by atoms with E-state index in [1.165, 1.54) is 0 Å². The summed E-state index contributed by atoms with van der Waals surface area (Å²) in [5.74, 6) is 0.841. The first-order valence-corrected chi connectivity index (χ1v) is 6.12. The molecule has 2 aromatic carbocycles. The molecule has 0 fully saturated rings. The van der Waals surface area contributed by atoms with Crippen molar-refractivity contribution >= 4 is 23.2 Å². The standard InChI is InChI=1S/C16H14OS/c1-17-15-10-8-14(9-11-15)16(18)12-7-13-5-3-2-4-6-13/h2-12H,1H3/b12-7+. The molecule has 0 atom stereocenters. The number of thiocarbonyl (C=S) groups is 1. The normalized spacial score (nSPS) is 10.5. The molecule has 0 unspecified atom stereocenters. The van der Waals surface area contributed by atoms with Crippen molar-refractivity contribution in [3.63, 3.8) is 0 Å². The molecule has 0 bridgehead atoms. The van der Waals surface area contributed by atoms with Gasteiger partial charge in [-0.2, -0.15) is 0 Å². The van der Waals surface area contributed by atoms with E-state index >= 15 is 0 Å². The van der Waals surface area contributed by atoms with Gasteiger partial charge in [-0.3, -0.25) is 0 Å².